The Balaban J connectivity index is 1.70. The molecule has 1 aliphatic carbocycles. The van der Waals surface area contributed by atoms with Gasteiger partial charge in [-0.05, 0) is 46.5 Å². The lowest BCUT2D eigenvalue weighted by Gasteiger charge is -2.41. The Morgan fingerprint density at radius 2 is 2.00 bits per heavy atom. The van der Waals surface area contributed by atoms with Crippen LogP contribution in [0.5, 0.6) is 0 Å². The average Bonchev–Trinajstić information content (AvgIpc) is 2.55. The highest BCUT2D eigenvalue weighted by atomic mass is 16.5. The third kappa shape index (κ3) is 3.83. The first-order chi connectivity index (χ1) is 11.2. The standard InChI is InChI=1S/C18H30N4O/c1-4-23-12-11-21-9-10-22(13-14(21)2)18-16-7-5-6-8-17(16)19-15(3)20-18/h14H,4-13H2,1-3H3. The second-order valence-electron chi connectivity index (χ2n) is 6.75. The molecule has 0 amide bonds. The molecule has 0 spiro atoms. The van der Waals surface area contributed by atoms with Crippen molar-refractivity contribution >= 4 is 5.82 Å². The summed E-state index contributed by atoms with van der Waals surface area (Å²) in [7, 11) is 0. The lowest BCUT2D eigenvalue weighted by Crippen LogP contribution is -2.53. The smallest absolute Gasteiger partial charge is 0.135 e. The Bertz CT molecular complexity index is 534. The fourth-order valence-corrected chi connectivity index (χ4v) is 3.80. The molecule has 1 atom stereocenters. The van der Waals surface area contributed by atoms with Gasteiger partial charge in [0.25, 0.3) is 0 Å². The third-order valence-corrected chi connectivity index (χ3v) is 5.06. The molecule has 5 heteroatoms. The molecule has 2 aliphatic rings. The molecule has 1 aliphatic heterocycles. The summed E-state index contributed by atoms with van der Waals surface area (Å²) in [6, 6.07) is 0.540. The molecule has 128 valence electrons. The van der Waals surface area contributed by atoms with Crippen molar-refractivity contribution in [2.45, 2.75) is 52.5 Å². The van der Waals surface area contributed by atoms with Crippen LogP contribution in [0.2, 0.25) is 0 Å². The first-order valence-electron chi connectivity index (χ1n) is 9.12. The SMILES string of the molecule is CCOCCN1CCN(c2nc(C)nc3c2CCCC3)CC1C. The van der Waals surface area contributed by atoms with Gasteiger partial charge in [-0.2, -0.15) is 0 Å². The minimum atomic E-state index is 0.540. The number of rotatable bonds is 5. The van der Waals surface area contributed by atoms with Crippen molar-refractivity contribution in [1.29, 1.82) is 0 Å². The fourth-order valence-electron chi connectivity index (χ4n) is 3.80. The zero-order valence-corrected chi connectivity index (χ0v) is 14.8. The molecule has 1 saturated heterocycles. The summed E-state index contributed by atoms with van der Waals surface area (Å²) in [5, 5.41) is 0. The van der Waals surface area contributed by atoms with E-state index < -0.39 is 0 Å². The highest BCUT2D eigenvalue weighted by Gasteiger charge is 2.27. The Morgan fingerprint density at radius 3 is 2.78 bits per heavy atom. The zero-order chi connectivity index (χ0) is 16.2. The molecule has 1 aromatic rings. The normalized spacial score (nSPS) is 22.2. The van der Waals surface area contributed by atoms with E-state index in [1.54, 1.807) is 0 Å². The topological polar surface area (TPSA) is 41.5 Å². The Hall–Kier alpha value is -1.20. The molecule has 0 N–H and O–H groups in total. The summed E-state index contributed by atoms with van der Waals surface area (Å²) < 4.78 is 5.51. The molecule has 1 fully saturated rings. The molecule has 1 aromatic heterocycles. The van der Waals surface area contributed by atoms with Crippen molar-refractivity contribution in [3.8, 4) is 0 Å². The largest absolute Gasteiger partial charge is 0.380 e. The summed E-state index contributed by atoms with van der Waals surface area (Å²) in [5.41, 5.74) is 2.71. The van der Waals surface area contributed by atoms with E-state index in [9.17, 15) is 0 Å². The highest BCUT2D eigenvalue weighted by molar-refractivity contribution is 5.51. The molecule has 0 aromatic carbocycles. The van der Waals surface area contributed by atoms with Crippen molar-refractivity contribution in [3.63, 3.8) is 0 Å². The number of anilines is 1. The summed E-state index contributed by atoms with van der Waals surface area (Å²) in [6.07, 6.45) is 4.81. The van der Waals surface area contributed by atoms with Crippen LogP contribution in [0.25, 0.3) is 0 Å². The number of fused-ring (bicyclic) bond motifs is 1. The van der Waals surface area contributed by atoms with E-state index in [4.69, 9.17) is 9.72 Å². The van der Waals surface area contributed by atoms with Crippen LogP contribution in [0.4, 0.5) is 5.82 Å². The molecule has 0 radical (unpaired) electrons. The van der Waals surface area contributed by atoms with Gasteiger partial charge in [-0.1, -0.05) is 0 Å². The van der Waals surface area contributed by atoms with Gasteiger partial charge in [0.15, 0.2) is 0 Å². The maximum atomic E-state index is 5.51. The van der Waals surface area contributed by atoms with Crippen LogP contribution in [0.15, 0.2) is 0 Å². The van der Waals surface area contributed by atoms with Crippen LogP contribution in [-0.4, -0.2) is 60.3 Å². The fraction of sp³-hybridized carbons (Fsp3) is 0.778. The van der Waals surface area contributed by atoms with Crippen molar-refractivity contribution in [1.82, 2.24) is 14.9 Å². The van der Waals surface area contributed by atoms with Crippen LogP contribution in [0, 0.1) is 6.92 Å². The lowest BCUT2D eigenvalue weighted by atomic mass is 9.95. The van der Waals surface area contributed by atoms with E-state index >= 15 is 0 Å². The van der Waals surface area contributed by atoms with Gasteiger partial charge in [0.1, 0.15) is 11.6 Å². The van der Waals surface area contributed by atoms with Gasteiger partial charge in [0, 0.05) is 50.1 Å². The maximum Gasteiger partial charge on any atom is 0.135 e. The first-order valence-corrected chi connectivity index (χ1v) is 9.12. The van der Waals surface area contributed by atoms with Gasteiger partial charge >= 0.3 is 0 Å². The van der Waals surface area contributed by atoms with E-state index in [2.05, 4.69) is 28.6 Å². The van der Waals surface area contributed by atoms with E-state index in [0.717, 1.165) is 58.1 Å². The molecule has 0 bridgehead atoms. The second kappa shape index (κ2) is 7.58. The molecule has 1 unspecified atom stereocenters. The summed E-state index contributed by atoms with van der Waals surface area (Å²) >= 11 is 0. The van der Waals surface area contributed by atoms with E-state index in [-0.39, 0.29) is 0 Å². The van der Waals surface area contributed by atoms with Gasteiger partial charge in [-0.15, -0.1) is 0 Å². The zero-order valence-electron chi connectivity index (χ0n) is 14.8. The van der Waals surface area contributed by atoms with Gasteiger partial charge < -0.3 is 9.64 Å². The first kappa shape index (κ1) is 16.7. The van der Waals surface area contributed by atoms with Crippen LogP contribution in [0.1, 0.15) is 43.8 Å². The summed E-state index contributed by atoms with van der Waals surface area (Å²) in [5.74, 6) is 2.13. The van der Waals surface area contributed by atoms with E-state index in [1.165, 1.54) is 29.9 Å². The van der Waals surface area contributed by atoms with E-state index in [0.29, 0.717) is 6.04 Å². The predicted octanol–water partition coefficient (Wildman–Crippen LogP) is 2.21. The summed E-state index contributed by atoms with van der Waals surface area (Å²) in [6.45, 7) is 12.3. The van der Waals surface area contributed by atoms with Crippen molar-refractivity contribution < 1.29 is 4.74 Å². The highest BCUT2D eigenvalue weighted by Crippen LogP contribution is 2.29. The predicted molar refractivity (Wildman–Crippen MR) is 93.2 cm³/mol. The Labute approximate surface area is 140 Å². The lowest BCUT2D eigenvalue weighted by molar-refractivity contribution is 0.0925. The monoisotopic (exact) mass is 318 g/mol. The third-order valence-electron chi connectivity index (χ3n) is 5.06. The van der Waals surface area contributed by atoms with Crippen LogP contribution in [-0.2, 0) is 17.6 Å². The molecule has 0 saturated carbocycles. The molecule has 3 rings (SSSR count). The molecule has 5 nitrogen and oxygen atoms in total. The van der Waals surface area contributed by atoms with Crippen molar-refractivity contribution in [3.05, 3.63) is 17.1 Å². The van der Waals surface area contributed by atoms with Gasteiger partial charge in [-0.3, -0.25) is 4.90 Å². The molecule has 23 heavy (non-hydrogen) atoms. The molecular weight excluding hydrogens is 288 g/mol. The summed E-state index contributed by atoms with van der Waals surface area (Å²) in [4.78, 5) is 14.5. The van der Waals surface area contributed by atoms with Crippen LogP contribution in [0.3, 0.4) is 0 Å². The molecular formula is C18H30N4O. The van der Waals surface area contributed by atoms with Gasteiger partial charge in [-0.25, -0.2) is 9.97 Å². The Morgan fingerprint density at radius 1 is 1.17 bits per heavy atom. The molecule has 2 heterocycles. The quantitative estimate of drug-likeness (QED) is 0.779. The number of hydrogen-bond acceptors (Lipinski definition) is 5. The second-order valence-corrected chi connectivity index (χ2v) is 6.75. The average molecular weight is 318 g/mol. The number of aryl methyl sites for hydroxylation is 2. The Kier molecular flexibility index (Phi) is 5.49. The van der Waals surface area contributed by atoms with Crippen molar-refractivity contribution in [2.75, 3.05) is 44.3 Å². The van der Waals surface area contributed by atoms with Crippen molar-refractivity contribution in [2.24, 2.45) is 0 Å². The maximum absolute atomic E-state index is 5.51. The number of hydrogen-bond donors (Lipinski definition) is 0. The minimum absolute atomic E-state index is 0.540. The number of ether oxygens (including phenoxy) is 1. The number of piperazine rings is 1. The minimum Gasteiger partial charge on any atom is -0.380 e. The number of aromatic nitrogens is 2. The van der Waals surface area contributed by atoms with Gasteiger partial charge in [0.05, 0.1) is 6.61 Å². The van der Waals surface area contributed by atoms with E-state index in [1.807, 2.05) is 6.92 Å². The van der Waals surface area contributed by atoms with Crippen LogP contribution < -0.4 is 4.90 Å². The van der Waals surface area contributed by atoms with Gasteiger partial charge in [0.2, 0.25) is 0 Å². The van der Waals surface area contributed by atoms with Crippen LogP contribution >= 0.6 is 0 Å². The number of nitrogens with zero attached hydrogens (tertiary/aromatic N) is 4.